The summed E-state index contributed by atoms with van der Waals surface area (Å²) < 4.78 is 5.09. The molecule has 0 fully saturated rings. The monoisotopic (exact) mass is 343 g/mol. The summed E-state index contributed by atoms with van der Waals surface area (Å²) in [4.78, 5) is 0. The highest BCUT2D eigenvalue weighted by Gasteiger charge is 2.20. The van der Waals surface area contributed by atoms with Crippen molar-refractivity contribution < 1.29 is 0 Å². The van der Waals surface area contributed by atoms with Crippen LogP contribution in [0.25, 0.3) is 42.0 Å². The van der Waals surface area contributed by atoms with Crippen LogP contribution in [0, 0.1) is 0 Å². The maximum atomic E-state index is 2.42. The van der Waals surface area contributed by atoms with Crippen molar-refractivity contribution in [3.8, 4) is 0 Å². The molecule has 0 bridgehead atoms. The smallest absolute Gasteiger partial charge is 0.0503 e. The van der Waals surface area contributed by atoms with Crippen LogP contribution < -0.4 is 0 Å². The summed E-state index contributed by atoms with van der Waals surface area (Å²) >= 11 is 1.91. The molecule has 2 heterocycles. The van der Waals surface area contributed by atoms with Gasteiger partial charge in [-0.1, -0.05) is 51.1 Å². The zero-order valence-electron chi connectivity index (χ0n) is 15.1. The molecule has 5 rings (SSSR count). The minimum Gasteiger partial charge on any atom is -0.344 e. The van der Waals surface area contributed by atoms with Gasteiger partial charge in [-0.15, -0.1) is 11.3 Å². The van der Waals surface area contributed by atoms with Gasteiger partial charge in [0.05, 0.1) is 5.52 Å². The number of hydrogen-bond acceptors (Lipinski definition) is 1. The summed E-state index contributed by atoms with van der Waals surface area (Å²) in [5.74, 6) is 0. The molecule has 0 atom stereocenters. The first-order valence-electron chi connectivity index (χ1n) is 8.78. The molecule has 0 amide bonds. The Labute approximate surface area is 151 Å². The molecule has 0 aliphatic carbocycles. The molecule has 0 aliphatic rings. The molecular formula is C23H21NS. The van der Waals surface area contributed by atoms with Crippen molar-refractivity contribution in [2.24, 2.45) is 7.05 Å². The molecule has 124 valence electrons. The van der Waals surface area contributed by atoms with Crippen LogP contribution in [0.2, 0.25) is 0 Å². The van der Waals surface area contributed by atoms with Crippen molar-refractivity contribution >= 4 is 53.3 Å². The summed E-state index contributed by atoms with van der Waals surface area (Å²) in [6.07, 6.45) is 0. The Hall–Kier alpha value is -2.32. The van der Waals surface area contributed by atoms with Crippen LogP contribution in [0.5, 0.6) is 0 Å². The lowest BCUT2D eigenvalue weighted by molar-refractivity contribution is 0.596. The molecular weight excluding hydrogens is 322 g/mol. The molecule has 0 saturated carbocycles. The fourth-order valence-electron chi connectivity index (χ4n) is 4.10. The second-order valence-electron chi connectivity index (χ2n) is 7.97. The third-order valence-corrected chi connectivity index (χ3v) is 6.46. The first kappa shape index (κ1) is 15.0. The highest BCUT2D eigenvalue weighted by atomic mass is 32.1. The fourth-order valence-corrected chi connectivity index (χ4v) is 5.25. The van der Waals surface area contributed by atoms with E-state index in [1.165, 1.54) is 47.5 Å². The molecule has 0 saturated heterocycles. The average molecular weight is 343 g/mol. The van der Waals surface area contributed by atoms with E-state index in [-0.39, 0.29) is 5.41 Å². The minimum atomic E-state index is 0.140. The molecule has 0 unspecified atom stereocenters. The quantitative estimate of drug-likeness (QED) is 0.285. The molecule has 5 aromatic rings. The Balaban J connectivity index is 2.02. The highest BCUT2D eigenvalue weighted by molar-refractivity contribution is 7.25. The first-order valence-corrected chi connectivity index (χ1v) is 9.60. The number of aryl methyl sites for hydroxylation is 1. The van der Waals surface area contributed by atoms with Crippen LogP contribution in [0.1, 0.15) is 26.3 Å². The minimum absolute atomic E-state index is 0.140. The first-order chi connectivity index (χ1) is 11.9. The number of nitrogens with zero attached hydrogens (tertiary/aromatic N) is 1. The number of benzene rings is 3. The van der Waals surface area contributed by atoms with Crippen molar-refractivity contribution in [3.05, 3.63) is 60.2 Å². The third kappa shape index (κ3) is 2.01. The van der Waals surface area contributed by atoms with Crippen LogP contribution >= 0.6 is 11.3 Å². The molecule has 0 spiro atoms. The van der Waals surface area contributed by atoms with E-state index in [2.05, 4.69) is 87.0 Å². The van der Waals surface area contributed by atoms with Gasteiger partial charge in [-0.25, -0.2) is 0 Å². The van der Waals surface area contributed by atoms with E-state index >= 15 is 0 Å². The summed E-state index contributed by atoms with van der Waals surface area (Å²) in [5.41, 5.74) is 4.20. The number of thiophene rings is 1. The summed E-state index contributed by atoms with van der Waals surface area (Å²) in [6.45, 7) is 6.92. The third-order valence-electron chi connectivity index (χ3n) is 5.34. The summed E-state index contributed by atoms with van der Waals surface area (Å²) in [7, 11) is 2.17. The van der Waals surface area contributed by atoms with Gasteiger partial charge in [0.25, 0.3) is 0 Å². The van der Waals surface area contributed by atoms with Gasteiger partial charge in [0.2, 0.25) is 0 Å². The van der Waals surface area contributed by atoms with E-state index in [4.69, 9.17) is 0 Å². The van der Waals surface area contributed by atoms with Gasteiger partial charge in [-0.05, 0) is 35.2 Å². The molecule has 3 aromatic carbocycles. The average Bonchev–Trinajstić information content (AvgIpc) is 3.08. The van der Waals surface area contributed by atoms with Gasteiger partial charge >= 0.3 is 0 Å². The maximum Gasteiger partial charge on any atom is 0.0503 e. The largest absolute Gasteiger partial charge is 0.344 e. The van der Waals surface area contributed by atoms with Gasteiger partial charge in [0, 0.05) is 43.5 Å². The number of rotatable bonds is 0. The molecule has 1 nitrogen and oxygen atoms in total. The number of hydrogen-bond donors (Lipinski definition) is 0. The lowest BCUT2D eigenvalue weighted by Gasteiger charge is -2.20. The topological polar surface area (TPSA) is 4.93 Å². The molecule has 0 radical (unpaired) electrons. The van der Waals surface area contributed by atoms with E-state index in [0.29, 0.717) is 0 Å². The van der Waals surface area contributed by atoms with E-state index in [1.807, 2.05) is 11.3 Å². The Kier molecular flexibility index (Phi) is 2.91. The van der Waals surface area contributed by atoms with Crippen LogP contribution in [0.3, 0.4) is 0 Å². The van der Waals surface area contributed by atoms with E-state index in [1.54, 1.807) is 0 Å². The molecule has 2 aromatic heterocycles. The van der Waals surface area contributed by atoms with Crippen molar-refractivity contribution in [1.82, 2.24) is 4.57 Å². The number of aromatic nitrogens is 1. The van der Waals surface area contributed by atoms with Crippen LogP contribution in [0.15, 0.2) is 54.6 Å². The normalized spacial score (nSPS) is 12.8. The standard InChI is InChI=1S/C23H21NS/c1-23(2,3)17-9-7-11-20-22(17)16-12-15-14-8-5-6-10-18(14)24(4)19(15)13-21(16)25-20/h5-13H,1-4H3. The zero-order chi connectivity index (χ0) is 17.3. The van der Waals surface area contributed by atoms with Crippen molar-refractivity contribution in [2.45, 2.75) is 26.2 Å². The highest BCUT2D eigenvalue weighted by Crippen LogP contribution is 2.42. The molecule has 0 aliphatic heterocycles. The molecule has 2 heteroatoms. The van der Waals surface area contributed by atoms with Crippen LogP contribution in [-0.2, 0) is 12.5 Å². The Morgan fingerprint density at radius 1 is 0.760 bits per heavy atom. The van der Waals surface area contributed by atoms with Gasteiger partial charge in [-0.2, -0.15) is 0 Å². The molecule has 25 heavy (non-hydrogen) atoms. The van der Waals surface area contributed by atoms with Gasteiger partial charge in [0.1, 0.15) is 0 Å². The van der Waals surface area contributed by atoms with Crippen LogP contribution in [0.4, 0.5) is 0 Å². The van der Waals surface area contributed by atoms with E-state index in [9.17, 15) is 0 Å². The summed E-state index contributed by atoms with van der Waals surface area (Å²) in [5, 5.41) is 5.53. The van der Waals surface area contributed by atoms with E-state index < -0.39 is 0 Å². The Morgan fingerprint density at radius 3 is 2.36 bits per heavy atom. The lowest BCUT2D eigenvalue weighted by Crippen LogP contribution is -2.11. The lowest BCUT2D eigenvalue weighted by atomic mass is 9.84. The Morgan fingerprint density at radius 2 is 1.56 bits per heavy atom. The second-order valence-corrected chi connectivity index (χ2v) is 9.06. The van der Waals surface area contributed by atoms with Gasteiger partial charge in [0.15, 0.2) is 0 Å². The predicted octanol–water partition coefficient (Wildman–Crippen LogP) is 7.00. The summed E-state index contributed by atoms with van der Waals surface area (Å²) in [6, 6.07) is 20.3. The van der Waals surface area contributed by atoms with E-state index in [0.717, 1.165) is 0 Å². The van der Waals surface area contributed by atoms with Crippen molar-refractivity contribution in [2.75, 3.05) is 0 Å². The second kappa shape index (κ2) is 4.86. The van der Waals surface area contributed by atoms with Crippen molar-refractivity contribution in [1.29, 1.82) is 0 Å². The Bertz CT molecular complexity index is 1280. The zero-order valence-corrected chi connectivity index (χ0v) is 15.9. The molecule has 0 N–H and O–H groups in total. The van der Waals surface area contributed by atoms with Crippen molar-refractivity contribution in [3.63, 3.8) is 0 Å². The maximum absolute atomic E-state index is 2.42. The number of fused-ring (bicyclic) bond motifs is 6. The van der Waals surface area contributed by atoms with Gasteiger partial charge < -0.3 is 4.57 Å². The van der Waals surface area contributed by atoms with Crippen LogP contribution in [-0.4, -0.2) is 4.57 Å². The fraction of sp³-hybridized carbons (Fsp3) is 0.217. The van der Waals surface area contributed by atoms with Gasteiger partial charge in [-0.3, -0.25) is 0 Å². The SMILES string of the molecule is Cn1c2ccccc2c2cc3c(cc21)sc1cccc(C(C)(C)C)c13. The number of para-hydroxylation sites is 1. The predicted molar refractivity (Wildman–Crippen MR) is 112 cm³/mol.